The lowest BCUT2D eigenvalue weighted by Gasteiger charge is -2.21. The highest BCUT2D eigenvalue weighted by Gasteiger charge is 2.20. The lowest BCUT2D eigenvalue weighted by Crippen LogP contribution is -2.37. The van der Waals surface area contributed by atoms with Crippen molar-refractivity contribution in [3.8, 4) is 0 Å². The summed E-state index contributed by atoms with van der Waals surface area (Å²) < 4.78 is 0.550. The van der Waals surface area contributed by atoms with E-state index in [4.69, 9.17) is 10.2 Å². The second-order valence-corrected chi connectivity index (χ2v) is 4.78. The van der Waals surface area contributed by atoms with E-state index in [1.165, 1.54) is 19.2 Å². The fourth-order valence-corrected chi connectivity index (χ4v) is 1.40. The Kier molecular flexibility index (Phi) is 4.44. The van der Waals surface area contributed by atoms with Gasteiger partial charge in [0.25, 0.3) is 0 Å². The summed E-state index contributed by atoms with van der Waals surface area (Å²) in [5.74, 6) is -0.973. The molecule has 0 radical (unpaired) electrons. The van der Waals surface area contributed by atoms with Crippen LogP contribution in [0.3, 0.4) is 0 Å². The van der Waals surface area contributed by atoms with Crippen LogP contribution in [0, 0.1) is 0 Å². The van der Waals surface area contributed by atoms with E-state index in [1.807, 2.05) is 0 Å². The van der Waals surface area contributed by atoms with Gasteiger partial charge in [-0.3, -0.25) is 0 Å². The predicted molar refractivity (Wildman–Crippen MR) is 65.1 cm³/mol. The Hall–Kier alpha value is -1.18. The molecule has 1 rings (SSSR count). The number of pyridine rings is 1. The molecule has 17 heavy (non-hydrogen) atoms. The average Bonchev–Trinajstić information content (AvgIpc) is 2.27. The number of carboxylic acid groups (broad SMARTS) is 1. The van der Waals surface area contributed by atoms with Crippen molar-refractivity contribution in [2.24, 2.45) is 0 Å². The van der Waals surface area contributed by atoms with Crippen LogP contribution in [0.5, 0.6) is 0 Å². The lowest BCUT2D eigenvalue weighted by molar-refractivity contribution is 0.0131. The largest absolute Gasteiger partial charge is 0.478 e. The molecule has 0 bridgehead atoms. The summed E-state index contributed by atoms with van der Waals surface area (Å²) in [5.41, 5.74) is -1.34. The van der Waals surface area contributed by atoms with Crippen molar-refractivity contribution in [3.63, 3.8) is 0 Å². The highest BCUT2D eigenvalue weighted by molar-refractivity contribution is 9.10. The van der Waals surface area contributed by atoms with E-state index >= 15 is 0 Å². The van der Waals surface area contributed by atoms with Crippen molar-refractivity contribution in [2.45, 2.75) is 12.5 Å². The Balaban J connectivity index is 2.88. The zero-order chi connectivity index (χ0) is 13.1. The molecule has 0 aliphatic heterocycles. The van der Waals surface area contributed by atoms with Gasteiger partial charge in [-0.05, 0) is 28.9 Å². The topological polar surface area (TPSA) is 103 Å². The van der Waals surface area contributed by atoms with Crippen LogP contribution in [0.4, 0.5) is 5.82 Å². The number of hydrogen-bond donors (Lipinski definition) is 4. The maximum Gasteiger partial charge on any atom is 0.339 e. The number of carboxylic acids is 1. The zero-order valence-corrected chi connectivity index (χ0v) is 10.7. The molecular weight excluding hydrogens is 292 g/mol. The summed E-state index contributed by atoms with van der Waals surface area (Å²) in [6.07, 6.45) is 1.45. The van der Waals surface area contributed by atoms with Gasteiger partial charge in [-0.2, -0.15) is 0 Å². The van der Waals surface area contributed by atoms with Crippen LogP contribution in [-0.2, 0) is 0 Å². The van der Waals surface area contributed by atoms with Crippen LogP contribution < -0.4 is 5.32 Å². The molecule has 0 saturated heterocycles. The van der Waals surface area contributed by atoms with Crippen molar-refractivity contribution in [3.05, 3.63) is 22.3 Å². The molecule has 7 heteroatoms. The average molecular weight is 305 g/mol. The fourth-order valence-electron chi connectivity index (χ4n) is 1.07. The van der Waals surface area contributed by atoms with E-state index in [9.17, 15) is 9.90 Å². The number of hydrogen-bond acceptors (Lipinski definition) is 5. The first-order chi connectivity index (χ1) is 7.85. The maximum absolute atomic E-state index is 11.0. The van der Waals surface area contributed by atoms with E-state index < -0.39 is 18.2 Å². The predicted octanol–water partition coefficient (Wildman–Crippen LogP) is 0.697. The third-order valence-corrected chi connectivity index (χ3v) is 2.50. The van der Waals surface area contributed by atoms with Crippen LogP contribution in [0.15, 0.2) is 16.7 Å². The number of aromatic carboxylic acids is 1. The lowest BCUT2D eigenvalue weighted by atomic mass is 10.1. The number of carbonyl (C=O) groups is 1. The monoisotopic (exact) mass is 304 g/mol. The normalized spacial score (nSPS) is 14.1. The van der Waals surface area contributed by atoms with Crippen molar-refractivity contribution >= 4 is 27.7 Å². The fraction of sp³-hybridized carbons (Fsp3) is 0.400. The molecule has 0 amide bonds. The van der Waals surface area contributed by atoms with Crippen molar-refractivity contribution in [2.75, 3.05) is 18.5 Å². The number of rotatable bonds is 5. The van der Waals surface area contributed by atoms with Crippen molar-refractivity contribution in [1.29, 1.82) is 0 Å². The highest BCUT2D eigenvalue weighted by atomic mass is 79.9. The van der Waals surface area contributed by atoms with Gasteiger partial charge in [0.05, 0.1) is 6.61 Å². The first-order valence-electron chi connectivity index (χ1n) is 4.82. The third kappa shape index (κ3) is 3.95. The van der Waals surface area contributed by atoms with E-state index in [0.717, 1.165) is 0 Å². The standard InChI is InChI=1S/C10H13BrN2O4/c1-10(17,5-14)4-13-8-7(9(15)16)2-6(11)3-12-8/h2-3,14,17H,4-5H2,1H3,(H,12,13)(H,15,16). The smallest absolute Gasteiger partial charge is 0.339 e. The Morgan fingerprint density at radius 2 is 2.29 bits per heavy atom. The molecule has 0 aromatic carbocycles. The van der Waals surface area contributed by atoms with Gasteiger partial charge in [-0.25, -0.2) is 9.78 Å². The van der Waals surface area contributed by atoms with Crippen LogP contribution >= 0.6 is 15.9 Å². The molecule has 4 N–H and O–H groups in total. The number of nitrogens with zero attached hydrogens (tertiary/aromatic N) is 1. The highest BCUT2D eigenvalue weighted by Crippen LogP contribution is 2.18. The molecule has 94 valence electrons. The Morgan fingerprint density at radius 3 is 2.82 bits per heavy atom. The molecule has 1 aromatic heterocycles. The van der Waals surface area contributed by atoms with Gasteiger partial charge in [0.1, 0.15) is 17.0 Å². The second-order valence-electron chi connectivity index (χ2n) is 3.86. The molecule has 0 fully saturated rings. The molecule has 0 saturated carbocycles. The molecular formula is C10H13BrN2O4. The summed E-state index contributed by atoms with van der Waals surface area (Å²) in [4.78, 5) is 14.9. The molecule has 0 aliphatic rings. The maximum atomic E-state index is 11.0. The molecule has 1 atom stereocenters. The van der Waals surface area contributed by atoms with Gasteiger partial charge >= 0.3 is 5.97 Å². The zero-order valence-electron chi connectivity index (χ0n) is 9.14. The Bertz CT molecular complexity index is 423. The van der Waals surface area contributed by atoms with Gasteiger partial charge in [-0.15, -0.1) is 0 Å². The molecule has 6 nitrogen and oxygen atoms in total. The van der Waals surface area contributed by atoms with E-state index in [1.54, 1.807) is 0 Å². The summed E-state index contributed by atoms with van der Waals surface area (Å²) in [7, 11) is 0. The molecule has 0 aliphatic carbocycles. The quantitative estimate of drug-likeness (QED) is 0.638. The van der Waals surface area contributed by atoms with Crippen LogP contribution in [0.25, 0.3) is 0 Å². The number of halogens is 1. The molecule has 1 heterocycles. The minimum absolute atomic E-state index is 0.00158. The molecule has 1 unspecified atom stereocenters. The van der Waals surface area contributed by atoms with Gasteiger partial charge in [0.2, 0.25) is 0 Å². The summed E-state index contributed by atoms with van der Waals surface area (Å²) in [6.45, 7) is 0.997. The van der Waals surface area contributed by atoms with Gasteiger partial charge in [0.15, 0.2) is 0 Å². The van der Waals surface area contributed by atoms with Gasteiger partial charge in [0, 0.05) is 17.2 Å². The SMILES string of the molecule is CC(O)(CO)CNc1ncc(Br)cc1C(=O)O. The van der Waals surface area contributed by atoms with Crippen LogP contribution in [-0.4, -0.2) is 45.0 Å². The van der Waals surface area contributed by atoms with E-state index in [-0.39, 0.29) is 17.9 Å². The minimum atomic E-state index is -1.33. The first-order valence-corrected chi connectivity index (χ1v) is 5.61. The summed E-state index contributed by atoms with van der Waals surface area (Å²) in [5, 5.41) is 30.1. The Morgan fingerprint density at radius 1 is 1.65 bits per heavy atom. The minimum Gasteiger partial charge on any atom is -0.478 e. The number of aliphatic hydroxyl groups excluding tert-OH is 1. The first kappa shape index (κ1) is 13.9. The third-order valence-electron chi connectivity index (χ3n) is 2.06. The number of aliphatic hydroxyl groups is 2. The molecule has 1 aromatic rings. The van der Waals surface area contributed by atoms with Crippen molar-refractivity contribution < 1.29 is 20.1 Å². The number of aromatic nitrogens is 1. The molecule has 0 spiro atoms. The van der Waals surface area contributed by atoms with Gasteiger partial charge in [-0.1, -0.05) is 0 Å². The van der Waals surface area contributed by atoms with Crippen molar-refractivity contribution in [1.82, 2.24) is 4.98 Å². The van der Waals surface area contributed by atoms with Crippen LogP contribution in [0.2, 0.25) is 0 Å². The van der Waals surface area contributed by atoms with Crippen LogP contribution in [0.1, 0.15) is 17.3 Å². The van der Waals surface area contributed by atoms with E-state index in [0.29, 0.717) is 4.47 Å². The summed E-state index contributed by atoms with van der Waals surface area (Å²) in [6, 6.07) is 1.41. The number of nitrogens with one attached hydrogen (secondary N) is 1. The Labute approximate surface area is 106 Å². The van der Waals surface area contributed by atoms with E-state index in [2.05, 4.69) is 26.2 Å². The van der Waals surface area contributed by atoms with Gasteiger partial charge < -0.3 is 20.6 Å². The summed E-state index contributed by atoms with van der Waals surface area (Å²) >= 11 is 3.13. The second kappa shape index (κ2) is 5.44. The number of anilines is 1.